The molecular formula is C30H36ClFN4. The largest absolute Gasteiger partial charge is 0.404 e. The monoisotopic (exact) mass is 506 g/mol. The number of nitrogens with one attached hydrogen (secondary N) is 2. The number of nitrogens with two attached hydrogens (primary N) is 1. The molecule has 1 unspecified atom stereocenters. The summed E-state index contributed by atoms with van der Waals surface area (Å²) in [5.41, 5.74) is 14.6. The Kier molecular flexibility index (Phi) is 8.52. The minimum absolute atomic E-state index is 0.274. The lowest BCUT2D eigenvalue weighted by Crippen LogP contribution is -2.20. The second-order valence-corrected chi connectivity index (χ2v) is 10.2. The van der Waals surface area contributed by atoms with E-state index in [1.54, 1.807) is 13.1 Å². The van der Waals surface area contributed by atoms with Gasteiger partial charge in [-0.15, -0.1) is 0 Å². The Hall–Kier alpha value is -3.05. The number of hydrogen-bond donors (Lipinski definition) is 3. The molecule has 1 aromatic heterocycles. The third-order valence-electron chi connectivity index (χ3n) is 6.95. The third kappa shape index (κ3) is 6.19. The van der Waals surface area contributed by atoms with E-state index in [1.165, 1.54) is 19.3 Å². The Morgan fingerprint density at radius 2 is 1.94 bits per heavy atom. The lowest BCUT2D eigenvalue weighted by molar-refractivity contribution is 0.374. The van der Waals surface area contributed by atoms with Crippen molar-refractivity contribution < 1.29 is 4.39 Å². The number of nitrogens with zero attached hydrogens (tertiary/aromatic N) is 1. The van der Waals surface area contributed by atoms with Crippen molar-refractivity contribution in [3.05, 3.63) is 87.8 Å². The van der Waals surface area contributed by atoms with Crippen molar-refractivity contribution in [2.75, 3.05) is 11.9 Å². The van der Waals surface area contributed by atoms with E-state index in [2.05, 4.69) is 16.4 Å². The van der Waals surface area contributed by atoms with Crippen LogP contribution in [0.2, 0.25) is 5.02 Å². The molecule has 0 bridgehead atoms. The molecule has 1 aliphatic carbocycles. The van der Waals surface area contributed by atoms with Gasteiger partial charge in [0, 0.05) is 30.1 Å². The van der Waals surface area contributed by atoms with Crippen LogP contribution in [0.3, 0.4) is 0 Å². The van der Waals surface area contributed by atoms with Gasteiger partial charge >= 0.3 is 0 Å². The Bertz CT molecular complexity index is 1250. The normalized spacial score (nSPS) is 16.2. The van der Waals surface area contributed by atoms with Gasteiger partial charge in [0.15, 0.2) is 0 Å². The predicted molar refractivity (Wildman–Crippen MR) is 151 cm³/mol. The maximum atomic E-state index is 14.0. The van der Waals surface area contributed by atoms with E-state index in [1.807, 2.05) is 56.4 Å². The molecule has 1 heterocycles. The van der Waals surface area contributed by atoms with E-state index in [0.29, 0.717) is 17.1 Å². The number of aliphatic imine (C=N–C) groups is 1. The van der Waals surface area contributed by atoms with Crippen molar-refractivity contribution in [1.29, 1.82) is 0 Å². The average Bonchev–Trinajstić information content (AvgIpc) is 3.36. The second kappa shape index (κ2) is 11.8. The van der Waals surface area contributed by atoms with Crippen molar-refractivity contribution in [3.63, 3.8) is 0 Å². The standard InChI is InChI=1S/C30H36ClFN4/c1-19-9-12-27(31)28(13-19)34-18-24(16-33)30(36-25-7-5-4-6-8-25)29-15-23(17-35-29)26-14-22(21(3)32)11-10-20(26)2/h9-17,21,25,34-35H,4-8,18,33H2,1-3H3/b24-16-,36-30?. The van der Waals surface area contributed by atoms with Crippen LogP contribution < -0.4 is 11.1 Å². The summed E-state index contributed by atoms with van der Waals surface area (Å²) >= 11 is 6.42. The van der Waals surface area contributed by atoms with E-state index in [-0.39, 0.29) is 6.04 Å². The number of hydrogen-bond acceptors (Lipinski definition) is 3. The van der Waals surface area contributed by atoms with Gasteiger partial charge in [-0.05, 0) is 80.1 Å². The second-order valence-electron chi connectivity index (χ2n) is 9.79. The highest BCUT2D eigenvalue weighted by Gasteiger charge is 2.19. The van der Waals surface area contributed by atoms with Crippen LogP contribution in [0.1, 0.15) is 67.6 Å². The molecule has 6 heteroatoms. The van der Waals surface area contributed by atoms with Crippen molar-refractivity contribution in [2.45, 2.75) is 65.1 Å². The maximum Gasteiger partial charge on any atom is 0.122 e. The molecule has 190 valence electrons. The van der Waals surface area contributed by atoms with Crippen molar-refractivity contribution in [2.24, 2.45) is 10.7 Å². The van der Waals surface area contributed by atoms with Crippen molar-refractivity contribution in [1.82, 2.24) is 4.98 Å². The lowest BCUT2D eigenvalue weighted by Gasteiger charge is -2.20. The fourth-order valence-corrected chi connectivity index (χ4v) is 4.97. The summed E-state index contributed by atoms with van der Waals surface area (Å²) in [6, 6.07) is 14.1. The summed E-state index contributed by atoms with van der Waals surface area (Å²) in [6.45, 7) is 6.15. The fraction of sp³-hybridized carbons (Fsp3) is 0.367. The average molecular weight is 507 g/mol. The van der Waals surface area contributed by atoms with Gasteiger partial charge in [-0.2, -0.15) is 0 Å². The number of aromatic nitrogens is 1. The molecule has 2 aromatic carbocycles. The van der Waals surface area contributed by atoms with Crippen LogP contribution >= 0.6 is 11.6 Å². The molecule has 0 spiro atoms. The molecule has 36 heavy (non-hydrogen) atoms. The molecule has 1 saturated carbocycles. The van der Waals surface area contributed by atoms with E-state index in [4.69, 9.17) is 22.3 Å². The summed E-state index contributed by atoms with van der Waals surface area (Å²) in [4.78, 5) is 8.64. The van der Waals surface area contributed by atoms with E-state index in [0.717, 1.165) is 57.8 Å². The summed E-state index contributed by atoms with van der Waals surface area (Å²) in [6.07, 6.45) is 8.42. The Labute approximate surface area is 218 Å². The van der Waals surface area contributed by atoms with Crippen LogP contribution in [0, 0.1) is 13.8 Å². The number of halogens is 2. The zero-order chi connectivity index (χ0) is 25.7. The van der Waals surface area contributed by atoms with Crippen LogP contribution in [-0.4, -0.2) is 23.3 Å². The van der Waals surface area contributed by atoms with E-state index >= 15 is 0 Å². The summed E-state index contributed by atoms with van der Waals surface area (Å²) < 4.78 is 14.0. The number of alkyl halides is 1. The number of rotatable bonds is 8. The highest BCUT2D eigenvalue weighted by Crippen LogP contribution is 2.30. The number of aromatic amines is 1. The molecule has 4 nitrogen and oxygen atoms in total. The predicted octanol–water partition coefficient (Wildman–Crippen LogP) is 8.06. The van der Waals surface area contributed by atoms with Crippen molar-refractivity contribution in [3.8, 4) is 11.1 Å². The van der Waals surface area contributed by atoms with Gasteiger partial charge in [0.25, 0.3) is 0 Å². The molecular weight excluding hydrogens is 471 g/mol. The quantitative estimate of drug-likeness (QED) is 0.270. The highest BCUT2D eigenvalue weighted by atomic mass is 35.5. The van der Waals surface area contributed by atoms with Gasteiger partial charge in [-0.25, -0.2) is 4.39 Å². The van der Waals surface area contributed by atoms with Crippen LogP contribution in [0.4, 0.5) is 10.1 Å². The number of H-pyrrole nitrogens is 1. The molecule has 0 saturated heterocycles. The maximum absolute atomic E-state index is 14.0. The van der Waals surface area contributed by atoms with Gasteiger partial charge in [0.2, 0.25) is 0 Å². The molecule has 3 aromatic rings. The minimum atomic E-state index is -1.02. The highest BCUT2D eigenvalue weighted by molar-refractivity contribution is 6.33. The number of anilines is 1. The Balaban J connectivity index is 1.67. The minimum Gasteiger partial charge on any atom is -0.404 e. The van der Waals surface area contributed by atoms with Crippen molar-refractivity contribution >= 4 is 23.0 Å². The van der Waals surface area contributed by atoms with E-state index in [9.17, 15) is 4.39 Å². The fourth-order valence-electron chi connectivity index (χ4n) is 4.79. The first-order chi connectivity index (χ1) is 17.4. The van der Waals surface area contributed by atoms with Crippen LogP contribution in [0.15, 0.2) is 65.4 Å². The van der Waals surface area contributed by atoms with Gasteiger partial charge < -0.3 is 16.0 Å². The first kappa shape index (κ1) is 26.0. The van der Waals surface area contributed by atoms with E-state index < -0.39 is 6.17 Å². The summed E-state index contributed by atoms with van der Waals surface area (Å²) in [5, 5.41) is 4.11. The molecule has 1 atom stereocenters. The smallest absolute Gasteiger partial charge is 0.122 e. The Morgan fingerprint density at radius 3 is 2.67 bits per heavy atom. The summed E-state index contributed by atoms with van der Waals surface area (Å²) in [5.74, 6) is 0. The molecule has 0 aliphatic heterocycles. The first-order valence-corrected chi connectivity index (χ1v) is 13.2. The molecule has 1 aliphatic rings. The number of aryl methyl sites for hydroxylation is 2. The zero-order valence-corrected chi connectivity index (χ0v) is 22.1. The Morgan fingerprint density at radius 1 is 1.17 bits per heavy atom. The SMILES string of the molecule is Cc1ccc(Cl)c(NC/C(=C/N)C(=NC2CCCCC2)c2cc(-c3cc(C(C)F)ccc3C)c[nH]2)c1. The van der Waals surface area contributed by atoms with Crippen LogP contribution in [0.5, 0.6) is 0 Å². The molecule has 0 radical (unpaired) electrons. The van der Waals surface area contributed by atoms with Crippen LogP contribution in [-0.2, 0) is 0 Å². The topological polar surface area (TPSA) is 66.2 Å². The summed E-state index contributed by atoms with van der Waals surface area (Å²) in [7, 11) is 0. The number of benzene rings is 2. The van der Waals surface area contributed by atoms with Crippen LogP contribution in [0.25, 0.3) is 11.1 Å². The zero-order valence-electron chi connectivity index (χ0n) is 21.4. The molecule has 4 rings (SSSR count). The van der Waals surface area contributed by atoms with Gasteiger partial charge in [0.05, 0.1) is 28.2 Å². The molecule has 0 amide bonds. The first-order valence-electron chi connectivity index (χ1n) is 12.8. The lowest BCUT2D eigenvalue weighted by atomic mass is 9.95. The van der Waals surface area contributed by atoms with Gasteiger partial charge in [0.1, 0.15) is 6.17 Å². The molecule has 4 N–H and O–H groups in total. The third-order valence-corrected chi connectivity index (χ3v) is 7.28. The van der Waals surface area contributed by atoms with Gasteiger partial charge in [-0.3, -0.25) is 4.99 Å². The van der Waals surface area contributed by atoms with Gasteiger partial charge in [-0.1, -0.05) is 49.1 Å². The molecule has 1 fully saturated rings.